The molecule has 0 bridgehead atoms. The van der Waals surface area contributed by atoms with Crippen molar-refractivity contribution in [3.05, 3.63) is 34.9 Å². The standard InChI is InChI=1S/C20H29ClN2O3/c1-5-17(22-19(25)26-20(2,3)4)18(24)23-12-10-15(11-13-23)14-6-8-16(21)9-7-14/h6-9,15,17H,5,10-13H2,1-4H3,(H,22,25). The van der Waals surface area contributed by atoms with Crippen molar-refractivity contribution in [3.8, 4) is 0 Å². The third-order valence-electron chi connectivity index (χ3n) is 4.55. The van der Waals surface area contributed by atoms with Crippen LogP contribution in [0.2, 0.25) is 5.02 Å². The molecule has 0 saturated carbocycles. The summed E-state index contributed by atoms with van der Waals surface area (Å²) in [5.41, 5.74) is 0.683. The van der Waals surface area contributed by atoms with Crippen molar-refractivity contribution in [3.63, 3.8) is 0 Å². The summed E-state index contributed by atoms with van der Waals surface area (Å²) in [6, 6.07) is 7.39. The number of piperidine rings is 1. The van der Waals surface area contributed by atoms with E-state index in [9.17, 15) is 9.59 Å². The van der Waals surface area contributed by atoms with Crippen LogP contribution in [-0.4, -0.2) is 41.6 Å². The van der Waals surface area contributed by atoms with E-state index in [-0.39, 0.29) is 5.91 Å². The number of hydrogen-bond donors (Lipinski definition) is 1. The minimum atomic E-state index is -0.581. The van der Waals surface area contributed by atoms with Gasteiger partial charge < -0.3 is 15.0 Å². The zero-order chi connectivity index (χ0) is 19.3. The highest BCUT2D eigenvalue weighted by Gasteiger charge is 2.30. The van der Waals surface area contributed by atoms with Crippen molar-refractivity contribution in [2.45, 2.75) is 64.5 Å². The number of nitrogens with zero attached hydrogens (tertiary/aromatic N) is 1. The first-order chi connectivity index (χ1) is 12.2. The van der Waals surface area contributed by atoms with Gasteiger partial charge in [0.05, 0.1) is 0 Å². The number of amides is 2. The second-order valence-electron chi connectivity index (χ2n) is 7.76. The molecule has 0 spiro atoms. The molecule has 1 aromatic rings. The Labute approximate surface area is 161 Å². The molecule has 1 aromatic carbocycles. The fraction of sp³-hybridized carbons (Fsp3) is 0.600. The van der Waals surface area contributed by atoms with Gasteiger partial charge in [-0.15, -0.1) is 0 Å². The Morgan fingerprint density at radius 3 is 2.31 bits per heavy atom. The van der Waals surface area contributed by atoms with Gasteiger partial charge in [0, 0.05) is 18.1 Å². The molecule has 144 valence electrons. The fourth-order valence-electron chi connectivity index (χ4n) is 3.18. The lowest BCUT2D eigenvalue weighted by molar-refractivity contribution is -0.134. The van der Waals surface area contributed by atoms with Gasteiger partial charge in [-0.2, -0.15) is 0 Å². The van der Waals surface area contributed by atoms with Crippen molar-refractivity contribution >= 4 is 23.6 Å². The number of carbonyl (C=O) groups excluding carboxylic acids is 2. The highest BCUT2D eigenvalue weighted by molar-refractivity contribution is 6.30. The molecular formula is C20H29ClN2O3. The van der Waals surface area contributed by atoms with Crippen LogP contribution in [0.3, 0.4) is 0 Å². The Balaban J connectivity index is 1.89. The maximum absolute atomic E-state index is 12.8. The minimum absolute atomic E-state index is 0.0343. The first-order valence-corrected chi connectivity index (χ1v) is 9.61. The Morgan fingerprint density at radius 2 is 1.81 bits per heavy atom. The van der Waals surface area contributed by atoms with Gasteiger partial charge in [0.25, 0.3) is 0 Å². The molecule has 6 heteroatoms. The lowest BCUT2D eigenvalue weighted by Crippen LogP contribution is -2.51. The van der Waals surface area contributed by atoms with E-state index in [0.717, 1.165) is 17.9 Å². The number of ether oxygens (including phenoxy) is 1. The van der Waals surface area contributed by atoms with E-state index < -0.39 is 17.7 Å². The molecule has 5 nitrogen and oxygen atoms in total. The molecule has 0 aromatic heterocycles. The molecule has 1 aliphatic rings. The first kappa shape index (κ1) is 20.6. The zero-order valence-electron chi connectivity index (χ0n) is 16.0. The first-order valence-electron chi connectivity index (χ1n) is 9.23. The van der Waals surface area contributed by atoms with E-state index in [2.05, 4.69) is 17.4 Å². The maximum Gasteiger partial charge on any atom is 0.408 e. The summed E-state index contributed by atoms with van der Waals surface area (Å²) in [5, 5.41) is 3.44. The van der Waals surface area contributed by atoms with Gasteiger partial charge in [-0.25, -0.2) is 4.79 Å². The summed E-state index contributed by atoms with van der Waals surface area (Å²) in [6.45, 7) is 8.68. The number of rotatable bonds is 4. The van der Waals surface area contributed by atoms with Crippen molar-refractivity contribution in [1.82, 2.24) is 10.2 Å². The lowest BCUT2D eigenvalue weighted by Gasteiger charge is -2.34. The highest BCUT2D eigenvalue weighted by atomic mass is 35.5. The summed E-state index contributed by atoms with van der Waals surface area (Å²) in [5.74, 6) is 0.406. The number of nitrogens with one attached hydrogen (secondary N) is 1. The Morgan fingerprint density at radius 1 is 1.23 bits per heavy atom. The normalized spacial score (nSPS) is 16.9. The van der Waals surface area contributed by atoms with E-state index >= 15 is 0 Å². The van der Waals surface area contributed by atoms with Crippen LogP contribution in [0.4, 0.5) is 4.79 Å². The largest absolute Gasteiger partial charge is 0.444 e. The minimum Gasteiger partial charge on any atom is -0.444 e. The number of carbonyl (C=O) groups is 2. The maximum atomic E-state index is 12.8. The van der Waals surface area contributed by atoms with Crippen LogP contribution in [0.15, 0.2) is 24.3 Å². The second kappa shape index (κ2) is 8.76. The molecule has 0 aliphatic carbocycles. The van der Waals surface area contributed by atoms with Gasteiger partial charge in [0.1, 0.15) is 11.6 Å². The van der Waals surface area contributed by atoms with Gasteiger partial charge in [-0.05, 0) is 63.6 Å². The van der Waals surface area contributed by atoms with Crippen LogP contribution in [0.25, 0.3) is 0 Å². The molecule has 1 saturated heterocycles. The van der Waals surface area contributed by atoms with Gasteiger partial charge in [-0.3, -0.25) is 4.79 Å². The average Bonchev–Trinajstić information content (AvgIpc) is 2.58. The Bertz CT molecular complexity index is 617. The third-order valence-corrected chi connectivity index (χ3v) is 4.80. The average molecular weight is 381 g/mol. The van der Waals surface area contributed by atoms with Gasteiger partial charge >= 0.3 is 6.09 Å². The molecule has 0 radical (unpaired) electrons. The molecule has 1 atom stereocenters. The monoisotopic (exact) mass is 380 g/mol. The van der Waals surface area contributed by atoms with E-state index in [4.69, 9.17) is 16.3 Å². The van der Waals surface area contributed by atoms with Gasteiger partial charge in [0.2, 0.25) is 5.91 Å². The molecular weight excluding hydrogens is 352 g/mol. The SMILES string of the molecule is CCC(NC(=O)OC(C)(C)C)C(=O)N1CCC(c2ccc(Cl)cc2)CC1. The van der Waals surface area contributed by atoms with Gasteiger partial charge in [0.15, 0.2) is 0 Å². The molecule has 26 heavy (non-hydrogen) atoms. The summed E-state index contributed by atoms with van der Waals surface area (Å²) >= 11 is 5.95. The summed E-state index contributed by atoms with van der Waals surface area (Å²) in [6.07, 6.45) is 1.82. The van der Waals surface area contributed by atoms with E-state index in [1.165, 1.54) is 5.56 Å². The van der Waals surface area contributed by atoms with Crippen LogP contribution in [-0.2, 0) is 9.53 Å². The predicted molar refractivity (Wildman–Crippen MR) is 103 cm³/mol. The van der Waals surface area contributed by atoms with Crippen LogP contribution in [0.1, 0.15) is 58.4 Å². The number of likely N-dealkylation sites (tertiary alicyclic amines) is 1. The quantitative estimate of drug-likeness (QED) is 0.844. The fourth-order valence-corrected chi connectivity index (χ4v) is 3.30. The van der Waals surface area contributed by atoms with Crippen LogP contribution in [0.5, 0.6) is 0 Å². The van der Waals surface area contributed by atoms with Crippen LogP contribution in [0, 0.1) is 0 Å². The number of alkyl carbamates (subject to hydrolysis) is 1. The van der Waals surface area contributed by atoms with E-state index in [1.807, 2.05) is 24.0 Å². The molecule has 2 amide bonds. The van der Waals surface area contributed by atoms with Crippen molar-refractivity contribution in [2.24, 2.45) is 0 Å². The van der Waals surface area contributed by atoms with Gasteiger partial charge in [-0.1, -0.05) is 30.7 Å². The van der Waals surface area contributed by atoms with Crippen LogP contribution < -0.4 is 5.32 Å². The van der Waals surface area contributed by atoms with Crippen molar-refractivity contribution in [2.75, 3.05) is 13.1 Å². The Kier molecular flexibility index (Phi) is 6.93. The number of halogens is 1. The Hall–Kier alpha value is -1.75. The summed E-state index contributed by atoms with van der Waals surface area (Å²) in [7, 11) is 0. The topological polar surface area (TPSA) is 58.6 Å². The predicted octanol–water partition coefficient (Wildman–Crippen LogP) is 4.35. The highest BCUT2D eigenvalue weighted by Crippen LogP contribution is 2.29. The molecule has 1 unspecified atom stereocenters. The molecule has 1 aliphatic heterocycles. The summed E-state index contributed by atoms with van der Waals surface area (Å²) < 4.78 is 5.26. The smallest absolute Gasteiger partial charge is 0.408 e. The second-order valence-corrected chi connectivity index (χ2v) is 8.19. The molecule has 1 heterocycles. The number of hydrogen-bond acceptors (Lipinski definition) is 3. The lowest BCUT2D eigenvalue weighted by atomic mass is 9.89. The summed E-state index contributed by atoms with van der Waals surface area (Å²) in [4.78, 5) is 26.6. The zero-order valence-corrected chi connectivity index (χ0v) is 16.8. The van der Waals surface area contributed by atoms with Crippen molar-refractivity contribution in [1.29, 1.82) is 0 Å². The van der Waals surface area contributed by atoms with E-state index in [0.29, 0.717) is 25.4 Å². The van der Waals surface area contributed by atoms with Crippen LogP contribution >= 0.6 is 11.6 Å². The molecule has 1 N–H and O–H groups in total. The molecule has 1 fully saturated rings. The van der Waals surface area contributed by atoms with E-state index in [1.54, 1.807) is 20.8 Å². The molecule has 2 rings (SSSR count). The van der Waals surface area contributed by atoms with Crippen molar-refractivity contribution < 1.29 is 14.3 Å². The number of benzene rings is 1. The third kappa shape index (κ3) is 5.90.